The summed E-state index contributed by atoms with van der Waals surface area (Å²) in [7, 11) is 0. The van der Waals surface area contributed by atoms with Crippen LogP contribution >= 0.6 is 0 Å². The number of hydrogen-bond donors (Lipinski definition) is 1. The third-order valence-corrected chi connectivity index (χ3v) is 2.17. The van der Waals surface area contributed by atoms with Gasteiger partial charge < -0.3 is 5.11 Å². The van der Waals surface area contributed by atoms with Crippen LogP contribution in [-0.4, -0.2) is 16.9 Å². The standard InChI is InChI=1S/C7H6O3/c8-4-2-1-3-5(4)6(3)7(9)10/h1-3,5-6H,(H,9,10)/t3?,5-,6?/m0/s1. The first-order valence-electron chi connectivity index (χ1n) is 3.16. The van der Waals surface area contributed by atoms with Crippen molar-refractivity contribution in [2.24, 2.45) is 17.8 Å². The average molecular weight is 138 g/mol. The molecule has 0 saturated heterocycles. The van der Waals surface area contributed by atoms with E-state index >= 15 is 0 Å². The Morgan fingerprint density at radius 1 is 1.60 bits per heavy atom. The minimum atomic E-state index is -0.840. The van der Waals surface area contributed by atoms with Gasteiger partial charge in [0.2, 0.25) is 0 Å². The van der Waals surface area contributed by atoms with Crippen LogP contribution in [0.3, 0.4) is 0 Å². The van der Waals surface area contributed by atoms with Crippen molar-refractivity contribution in [2.45, 2.75) is 0 Å². The molecule has 52 valence electrons. The Labute approximate surface area is 57.3 Å². The molecule has 0 aromatic heterocycles. The van der Waals surface area contributed by atoms with E-state index in [1.54, 1.807) is 6.08 Å². The van der Waals surface area contributed by atoms with Gasteiger partial charge in [0.25, 0.3) is 0 Å². The molecule has 10 heavy (non-hydrogen) atoms. The Hall–Kier alpha value is -1.12. The van der Waals surface area contributed by atoms with E-state index in [0.29, 0.717) is 0 Å². The molecular weight excluding hydrogens is 132 g/mol. The number of carbonyl (C=O) groups is 2. The SMILES string of the molecule is O=C(O)C1C2C=CC(=O)[C@H]21. The smallest absolute Gasteiger partial charge is 0.307 e. The number of carboxylic acids is 1. The molecule has 3 atom stereocenters. The van der Waals surface area contributed by atoms with Gasteiger partial charge in [0.05, 0.1) is 5.92 Å². The second kappa shape index (κ2) is 1.48. The van der Waals surface area contributed by atoms with Crippen molar-refractivity contribution in [1.29, 1.82) is 0 Å². The highest BCUT2D eigenvalue weighted by atomic mass is 16.4. The fraction of sp³-hybridized carbons (Fsp3) is 0.429. The molecule has 2 unspecified atom stereocenters. The highest BCUT2D eigenvalue weighted by Crippen LogP contribution is 2.51. The number of hydrogen-bond acceptors (Lipinski definition) is 2. The monoisotopic (exact) mass is 138 g/mol. The van der Waals surface area contributed by atoms with Crippen LogP contribution in [0, 0.1) is 17.8 Å². The first-order valence-corrected chi connectivity index (χ1v) is 3.16. The van der Waals surface area contributed by atoms with Crippen LogP contribution in [0.4, 0.5) is 0 Å². The maximum absolute atomic E-state index is 10.8. The second-order valence-electron chi connectivity index (χ2n) is 2.73. The lowest BCUT2D eigenvalue weighted by molar-refractivity contribution is -0.139. The molecule has 2 aliphatic carbocycles. The molecule has 2 rings (SSSR count). The van der Waals surface area contributed by atoms with Crippen molar-refractivity contribution >= 4 is 11.8 Å². The predicted molar refractivity (Wildman–Crippen MR) is 32.3 cm³/mol. The minimum absolute atomic E-state index is 0.0163. The highest BCUT2D eigenvalue weighted by Gasteiger charge is 2.59. The van der Waals surface area contributed by atoms with Crippen LogP contribution in [0.1, 0.15) is 0 Å². The number of fused-ring (bicyclic) bond motifs is 1. The van der Waals surface area contributed by atoms with Gasteiger partial charge in [-0.25, -0.2) is 0 Å². The van der Waals surface area contributed by atoms with Crippen molar-refractivity contribution in [3.63, 3.8) is 0 Å². The zero-order valence-electron chi connectivity index (χ0n) is 5.15. The van der Waals surface area contributed by atoms with Gasteiger partial charge in [0, 0.05) is 11.8 Å². The van der Waals surface area contributed by atoms with Crippen molar-refractivity contribution in [3.05, 3.63) is 12.2 Å². The topological polar surface area (TPSA) is 54.4 Å². The molecule has 0 aromatic carbocycles. The minimum Gasteiger partial charge on any atom is -0.481 e. The van der Waals surface area contributed by atoms with Gasteiger partial charge in [-0.2, -0.15) is 0 Å². The molecule has 0 heterocycles. The van der Waals surface area contributed by atoms with Gasteiger partial charge in [0.1, 0.15) is 0 Å². The molecule has 0 aliphatic heterocycles. The number of allylic oxidation sites excluding steroid dienone is 2. The molecule has 0 spiro atoms. The molecule has 3 nitrogen and oxygen atoms in total. The van der Waals surface area contributed by atoms with E-state index in [4.69, 9.17) is 5.11 Å². The summed E-state index contributed by atoms with van der Waals surface area (Å²) in [6, 6.07) is 0. The summed E-state index contributed by atoms with van der Waals surface area (Å²) < 4.78 is 0. The van der Waals surface area contributed by atoms with Crippen LogP contribution in [0.15, 0.2) is 12.2 Å². The number of ketones is 1. The molecule has 0 aromatic rings. The fourth-order valence-electron chi connectivity index (χ4n) is 1.58. The Morgan fingerprint density at radius 3 is 2.60 bits per heavy atom. The molecule has 1 N–H and O–H groups in total. The first kappa shape index (κ1) is 5.65. The van der Waals surface area contributed by atoms with Gasteiger partial charge in [-0.1, -0.05) is 6.08 Å². The van der Waals surface area contributed by atoms with Crippen molar-refractivity contribution in [3.8, 4) is 0 Å². The summed E-state index contributed by atoms with van der Waals surface area (Å²) in [4.78, 5) is 21.1. The van der Waals surface area contributed by atoms with Crippen molar-refractivity contribution in [1.82, 2.24) is 0 Å². The van der Waals surface area contributed by atoms with E-state index in [1.807, 2.05) is 0 Å². The van der Waals surface area contributed by atoms with Crippen LogP contribution in [0.2, 0.25) is 0 Å². The lowest BCUT2D eigenvalue weighted by Crippen LogP contribution is -2.05. The summed E-state index contributed by atoms with van der Waals surface area (Å²) >= 11 is 0. The molecule has 0 radical (unpaired) electrons. The normalized spacial score (nSPS) is 41.6. The predicted octanol–water partition coefficient (Wildman–Crippen LogP) is 0.0721. The van der Waals surface area contributed by atoms with Crippen LogP contribution in [0.5, 0.6) is 0 Å². The third-order valence-electron chi connectivity index (χ3n) is 2.17. The number of carboxylic acid groups (broad SMARTS) is 1. The van der Waals surface area contributed by atoms with E-state index in [2.05, 4.69) is 0 Å². The molecular formula is C7H6O3. The summed E-state index contributed by atoms with van der Waals surface area (Å²) in [5, 5.41) is 8.49. The third kappa shape index (κ3) is 0.497. The lowest BCUT2D eigenvalue weighted by atomic mass is 10.2. The number of aliphatic carboxylic acids is 1. The maximum Gasteiger partial charge on any atom is 0.307 e. The van der Waals surface area contributed by atoms with Crippen LogP contribution in [-0.2, 0) is 9.59 Å². The van der Waals surface area contributed by atoms with Gasteiger partial charge >= 0.3 is 5.97 Å². The van der Waals surface area contributed by atoms with E-state index in [0.717, 1.165) is 0 Å². The van der Waals surface area contributed by atoms with E-state index in [-0.39, 0.29) is 17.6 Å². The van der Waals surface area contributed by atoms with Crippen molar-refractivity contribution in [2.75, 3.05) is 0 Å². The zero-order valence-corrected chi connectivity index (χ0v) is 5.15. The Morgan fingerprint density at radius 2 is 2.30 bits per heavy atom. The van der Waals surface area contributed by atoms with Gasteiger partial charge in [-0.15, -0.1) is 0 Å². The quantitative estimate of drug-likeness (QED) is 0.558. The fourth-order valence-corrected chi connectivity index (χ4v) is 1.58. The van der Waals surface area contributed by atoms with Gasteiger partial charge in [-0.3, -0.25) is 9.59 Å². The summed E-state index contributed by atoms with van der Waals surface area (Å²) in [5.41, 5.74) is 0. The van der Waals surface area contributed by atoms with Crippen molar-refractivity contribution < 1.29 is 14.7 Å². The summed E-state index contributed by atoms with van der Waals surface area (Å²) in [6.07, 6.45) is 3.18. The van der Waals surface area contributed by atoms with E-state index in [9.17, 15) is 9.59 Å². The number of rotatable bonds is 1. The molecule has 3 heteroatoms. The Balaban J connectivity index is 2.19. The molecule has 1 fully saturated rings. The second-order valence-corrected chi connectivity index (χ2v) is 2.73. The highest BCUT2D eigenvalue weighted by molar-refractivity contribution is 6.02. The largest absolute Gasteiger partial charge is 0.481 e. The number of carbonyl (C=O) groups excluding carboxylic acids is 1. The van der Waals surface area contributed by atoms with E-state index < -0.39 is 11.9 Å². The Bertz CT molecular complexity index is 241. The summed E-state index contributed by atoms with van der Waals surface area (Å²) in [6.45, 7) is 0. The average Bonchev–Trinajstić information content (AvgIpc) is 2.48. The van der Waals surface area contributed by atoms with Gasteiger partial charge in [-0.05, 0) is 6.08 Å². The first-order chi connectivity index (χ1) is 4.72. The Kier molecular flexibility index (Phi) is 0.836. The molecule has 0 bridgehead atoms. The van der Waals surface area contributed by atoms with E-state index in [1.165, 1.54) is 6.08 Å². The summed E-state index contributed by atoms with van der Waals surface area (Å²) in [5.74, 6) is -1.45. The molecule has 2 aliphatic rings. The lowest BCUT2D eigenvalue weighted by Gasteiger charge is -1.88. The zero-order chi connectivity index (χ0) is 7.30. The maximum atomic E-state index is 10.8. The molecule has 1 saturated carbocycles. The van der Waals surface area contributed by atoms with Gasteiger partial charge in [0.15, 0.2) is 5.78 Å². The molecule has 0 amide bonds. The van der Waals surface area contributed by atoms with Crippen LogP contribution in [0.25, 0.3) is 0 Å². The van der Waals surface area contributed by atoms with Crippen LogP contribution < -0.4 is 0 Å².